The van der Waals surface area contributed by atoms with Crippen molar-refractivity contribution in [3.63, 3.8) is 0 Å². The summed E-state index contributed by atoms with van der Waals surface area (Å²) >= 11 is 0. The van der Waals surface area contributed by atoms with E-state index < -0.39 is 5.91 Å². The molecule has 3 amide bonds. The summed E-state index contributed by atoms with van der Waals surface area (Å²) in [6.45, 7) is 22.8. The van der Waals surface area contributed by atoms with Crippen LogP contribution >= 0.6 is 0 Å². The molecule has 0 heterocycles. The molecule has 0 saturated heterocycles. The minimum atomic E-state index is -0.717. The van der Waals surface area contributed by atoms with Crippen LogP contribution in [0.25, 0.3) is 0 Å². The normalized spacial score (nSPS) is 13.7. The topological polar surface area (TPSA) is 149 Å². The Morgan fingerprint density at radius 2 is 0.985 bits per heavy atom. The van der Waals surface area contributed by atoms with Crippen molar-refractivity contribution in [2.24, 2.45) is 33.9 Å². The molecule has 0 saturated carbocycles. The van der Waals surface area contributed by atoms with Gasteiger partial charge in [0.15, 0.2) is 5.70 Å². The molecule has 0 aliphatic carbocycles. The zero-order valence-corrected chi connectivity index (χ0v) is 42.7. The Hall–Kier alpha value is -4.67. The first-order chi connectivity index (χ1) is 31.7. The first-order valence-electron chi connectivity index (χ1n) is 25.6. The molecule has 2 aromatic carbocycles. The van der Waals surface area contributed by atoms with Gasteiger partial charge in [-0.1, -0.05) is 145 Å². The van der Waals surface area contributed by atoms with E-state index >= 15 is 9.59 Å². The van der Waals surface area contributed by atoms with Crippen LogP contribution in [-0.4, -0.2) is 70.4 Å². The third kappa shape index (κ3) is 20.9. The fourth-order valence-electron chi connectivity index (χ4n) is 8.53. The molecule has 0 bridgehead atoms. The second-order valence-electron chi connectivity index (χ2n) is 18.7. The number of carbonyl (C=O) groups is 5. The summed E-state index contributed by atoms with van der Waals surface area (Å²) in [7, 11) is 0. The predicted molar refractivity (Wildman–Crippen MR) is 270 cm³/mol. The molecule has 0 fully saturated rings. The quantitative estimate of drug-likeness (QED) is 0.0309. The summed E-state index contributed by atoms with van der Waals surface area (Å²) in [6, 6.07) is 11.7. The number of carbonyl (C=O) groups excluding carboxylic acids is 5. The van der Waals surface area contributed by atoms with E-state index in [1.165, 1.54) is 13.8 Å². The Morgan fingerprint density at radius 3 is 1.32 bits per heavy atom. The van der Waals surface area contributed by atoms with Crippen LogP contribution in [-0.2, 0) is 20.8 Å². The third-order valence-electron chi connectivity index (χ3n) is 13.0. The second kappa shape index (κ2) is 32.1. The van der Waals surface area contributed by atoms with E-state index in [-0.39, 0.29) is 53.4 Å². The van der Waals surface area contributed by atoms with E-state index in [9.17, 15) is 19.5 Å². The molecular weight excluding hydrogens is 827 g/mol. The summed E-state index contributed by atoms with van der Waals surface area (Å²) in [6.07, 6.45) is 16.6. The van der Waals surface area contributed by atoms with Gasteiger partial charge in [-0.3, -0.25) is 24.0 Å². The van der Waals surface area contributed by atoms with Gasteiger partial charge in [0.1, 0.15) is 17.3 Å². The lowest BCUT2D eigenvalue weighted by Gasteiger charge is -2.32. The summed E-state index contributed by atoms with van der Waals surface area (Å²) in [5.74, 6) is -0.430. The largest absolute Gasteiger partial charge is 0.510 e. The number of nitrogens with zero attached hydrogens (tertiary/aromatic N) is 4. The van der Waals surface area contributed by atoms with Gasteiger partial charge < -0.3 is 20.2 Å². The van der Waals surface area contributed by atoms with Crippen LogP contribution in [0.3, 0.4) is 0 Å². The second-order valence-corrected chi connectivity index (χ2v) is 18.7. The molecule has 11 nitrogen and oxygen atoms in total. The zero-order chi connectivity index (χ0) is 49.0. The standard InChI is InChI=1S/C55H87N5O6/c1-11-19-23-42(15-5)36-59(37-43(16-6)24-20-12-2)54(65)47-33-48(55(66)60(38-44(17-7)25-21-13-3)39-45(18-8)26-22-14-4)35-50(34-47)57-58-52(41(10)62)53(64)56-49-29-27-46(28-30-49)32-51(63)31-40(9)61/h27-30,33-35,42-45,62H,11-26,31-32,36-39H2,1-10H3,(H,56,64). The maximum Gasteiger partial charge on any atom is 0.279 e. The monoisotopic (exact) mass is 914 g/mol. The number of anilines is 1. The lowest BCUT2D eigenvalue weighted by molar-refractivity contribution is -0.125. The summed E-state index contributed by atoms with van der Waals surface area (Å²) in [5, 5.41) is 22.2. The molecule has 0 spiro atoms. The Kier molecular flexibility index (Phi) is 28.0. The molecule has 0 aliphatic rings. The van der Waals surface area contributed by atoms with Gasteiger partial charge in [-0.05, 0) is 99.1 Å². The van der Waals surface area contributed by atoms with Crippen LogP contribution in [0.5, 0.6) is 0 Å². The lowest BCUT2D eigenvalue weighted by Crippen LogP contribution is -2.40. The maximum atomic E-state index is 15.0. The van der Waals surface area contributed by atoms with Crippen molar-refractivity contribution < 1.29 is 29.1 Å². The van der Waals surface area contributed by atoms with Gasteiger partial charge >= 0.3 is 0 Å². The SMILES string of the molecule is CCCCC(CC)CN(CC(CC)CCCC)C(=O)c1cc(N=NC(C(=O)Nc2ccc(CC(=O)CC(C)=O)cc2)=C(C)O)cc(C(=O)N(CC(CC)CCCC)CC(CC)CCCC)c1. The van der Waals surface area contributed by atoms with Gasteiger partial charge in [0.25, 0.3) is 17.7 Å². The zero-order valence-electron chi connectivity index (χ0n) is 42.7. The lowest BCUT2D eigenvalue weighted by atomic mass is 9.94. The van der Waals surface area contributed by atoms with Gasteiger partial charge in [-0.2, -0.15) is 5.11 Å². The summed E-state index contributed by atoms with van der Waals surface area (Å²) in [5.41, 5.74) is 1.68. The smallest absolute Gasteiger partial charge is 0.279 e. The average molecular weight is 914 g/mol. The number of unbranched alkanes of at least 4 members (excludes halogenated alkanes) is 4. The minimum Gasteiger partial charge on any atom is -0.510 e. The average Bonchev–Trinajstić information content (AvgIpc) is 3.30. The van der Waals surface area contributed by atoms with Crippen molar-refractivity contribution in [2.45, 2.75) is 185 Å². The fraction of sp³-hybridized carbons (Fsp3) is 0.655. The predicted octanol–water partition coefficient (Wildman–Crippen LogP) is 14.0. The highest BCUT2D eigenvalue weighted by Crippen LogP contribution is 2.28. The maximum absolute atomic E-state index is 15.0. The number of benzene rings is 2. The van der Waals surface area contributed by atoms with E-state index in [0.29, 0.717) is 72.2 Å². The van der Waals surface area contributed by atoms with Crippen LogP contribution in [0.1, 0.15) is 205 Å². The summed E-state index contributed by atoms with van der Waals surface area (Å²) in [4.78, 5) is 71.3. The molecule has 2 N–H and O–H groups in total. The molecule has 0 radical (unpaired) electrons. The van der Waals surface area contributed by atoms with Crippen LogP contribution in [0, 0.1) is 23.7 Å². The molecule has 4 unspecified atom stereocenters. The number of aliphatic hydroxyl groups is 1. The van der Waals surface area contributed by atoms with Gasteiger partial charge in [0.2, 0.25) is 0 Å². The van der Waals surface area contributed by atoms with Crippen molar-refractivity contribution in [3.8, 4) is 0 Å². The number of azo groups is 1. The van der Waals surface area contributed by atoms with E-state index in [4.69, 9.17) is 0 Å². The molecule has 4 atom stereocenters. The number of ketones is 2. The van der Waals surface area contributed by atoms with Crippen LogP contribution < -0.4 is 5.32 Å². The number of allylic oxidation sites excluding steroid dienone is 1. The van der Waals surface area contributed by atoms with Gasteiger partial charge in [0, 0.05) is 49.4 Å². The Bertz CT molecular complexity index is 1750. The highest BCUT2D eigenvalue weighted by molar-refractivity contribution is 6.04. The molecule has 66 heavy (non-hydrogen) atoms. The number of hydrogen-bond acceptors (Lipinski definition) is 8. The Morgan fingerprint density at radius 1 is 0.591 bits per heavy atom. The molecule has 2 aromatic rings. The van der Waals surface area contributed by atoms with Gasteiger partial charge in [-0.25, -0.2) is 0 Å². The van der Waals surface area contributed by atoms with Crippen LogP contribution in [0.15, 0.2) is 64.1 Å². The van der Waals surface area contributed by atoms with Crippen molar-refractivity contribution in [2.75, 3.05) is 31.5 Å². The number of rotatable bonds is 34. The summed E-state index contributed by atoms with van der Waals surface area (Å²) < 4.78 is 0. The Labute approximate surface area is 399 Å². The van der Waals surface area contributed by atoms with Crippen molar-refractivity contribution in [3.05, 3.63) is 70.6 Å². The van der Waals surface area contributed by atoms with Crippen molar-refractivity contribution in [1.82, 2.24) is 9.80 Å². The molecule has 0 aromatic heterocycles. The van der Waals surface area contributed by atoms with Gasteiger partial charge in [-0.15, -0.1) is 5.11 Å². The highest BCUT2D eigenvalue weighted by atomic mass is 16.3. The van der Waals surface area contributed by atoms with Crippen LogP contribution in [0.2, 0.25) is 0 Å². The first kappa shape index (κ1) is 57.5. The van der Waals surface area contributed by atoms with E-state index in [0.717, 1.165) is 103 Å². The van der Waals surface area contributed by atoms with E-state index in [1.807, 2.05) is 9.80 Å². The van der Waals surface area contributed by atoms with Crippen LogP contribution in [0.4, 0.5) is 11.4 Å². The minimum absolute atomic E-state index is 0.0939. The third-order valence-corrected chi connectivity index (χ3v) is 13.0. The molecule has 0 aliphatic heterocycles. The number of amides is 3. The number of Topliss-reactive ketones (excluding diaryl/α,β-unsaturated/α-hetero) is 2. The number of aliphatic hydroxyl groups excluding tert-OH is 1. The molecule has 368 valence electrons. The fourth-order valence-corrected chi connectivity index (χ4v) is 8.53. The highest BCUT2D eigenvalue weighted by Gasteiger charge is 2.27. The van der Waals surface area contributed by atoms with Gasteiger partial charge in [0.05, 0.1) is 12.1 Å². The first-order valence-corrected chi connectivity index (χ1v) is 25.6. The molecule has 2 rings (SSSR count). The van der Waals surface area contributed by atoms with Crippen molar-refractivity contribution >= 4 is 40.7 Å². The number of hydrogen-bond donors (Lipinski definition) is 2. The van der Waals surface area contributed by atoms with Crippen molar-refractivity contribution in [1.29, 1.82) is 0 Å². The number of nitrogens with one attached hydrogen (secondary N) is 1. The Balaban J connectivity index is 2.76. The molecular formula is C55H87N5O6. The van der Waals surface area contributed by atoms with E-state index in [1.54, 1.807) is 42.5 Å². The molecule has 11 heteroatoms. The van der Waals surface area contributed by atoms with E-state index in [2.05, 4.69) is 70.9 Å².